The van der Waals surface area contributed by atoms with Gasteiger partial charge in [-0.3, -0.25) is 9.59 Å². The first-order valence-corrected chi connectivity index (χ1v) is 9.27. The third-order valence-electron chi connectivity index (χ3n) is 4.35. The molecule has 1 N–H and O–H groups in total. The molecule has 0 aliphatic heterocycles. The number of ether oxygens (including phenoxy) is 1. The molecule has 0 atom stereocenters. The molecule has 28 heavy (non-hydrogen) atoms. The van der Waals surface area contributed by atoms with E-state index >= 15 is 0 Å². The fraction of sp³-hybridized carbons (Fsp3) is 0.217. The van der Waals surface area contributed by atoms with Crippen molar-refractivity contribution in [3.8, 4) is 5.75 Å². The van der Waals surface area contributed by atoms with Crippen LogP contribution in [0.15, 0.2) is 66.7 Å². The van der Waals surface area contributed by atoms with Crippen LogP contribution >= 0.6 is 0 Å². The molecule has 0 fully saturated rings. The third kappa shape index (κ3) is 4.88. The van der Waals surface area contributed by atoms with Gasteiger partial charge in [0, 0.05) is 37.2 Å². The van der Waals surface area contributed by atoms with Crippen molar-refractivity contribution < 1.29 is 14.3 Å². The predicted molar refractivity (Wildman–Crippen MR) is 112 cm³/mol. The topological polar surface area (TPSA) is 58.6 Å². The molecule has 0 spiro atoms. The van der Waals surface area contributed by atoms with E-state index in [2.05, 4.69) is 5.32 Å². The molecule has 5 heteroatoms. The van der Waals surface area contributed by atoms with Gasteiger partial charge in [0.05, 0.1) is 6.61 Å². The minimum atomic E-state index is -0.101. The van der Waals surface area contributed by atoms with Crippen LogP contribution in [0.5, 0.6) is 5.75 Å². The van der Waals surface area contributed by atoms with Crippen molar-refractivity contribution >= 4 is 28.3 Å². The fourth-order valence-electron chi connectivity index (χ4n) is 2.95. The number of hydrogen-bond donors (Lipinski definition) is 1. The second-order valence-corrected chi connectivity index (χ2v) is 6.76. The summed E-state index contributed by atoms with van der Waals surface area (Å²) < 4.78 is 5.87. The Balaban J connectivity index is 1.50. The number of anilines is 1. The van der Waals surface area contributed by atoms with Gasteiger partial charge in [-0.1, -0.05) is 42.5 Å². The maximum absolute atomic E-state index is 12.2. The third-order valence-corrected chi connectivity index (χ3v) is 4.35. The van der Waals surface area contributed by atoms with E-state index in [4.69, 9.17) is 4.74 Å². The second-order valence-electron chi connectivity index (χ2n) is 6.76. The molecule has 3 rings (SSSR count). The molecule has 0 aliphatic carbocycles. The normalized spacial score (nSPS) is 10.5. The van der Waals surface area contributed by atoms with E-state index in [9.17, 15) is 9.59 Å². The van der Waals surface area contributed by atoms with Crippen LogP contribution in [0, 0.1) is 0 Å². The first kappa shape index (κ1) is 19.4. The predicted octanol–water partition coefficient (Wildman–Crippen LogP) is 4.34. The number of amides is 2. The standard InChI is InChI=1S/C23H24N2O3/c1-25(2)23(27)18-10-5-11-19(16-18)24-22(26)14-7-15-28-21-13-6-9-17-8-3-4-12-20(17)21/h3-6,8-13,16H,7,14-15H2,1-2H3,(H,24,26). The lowest BCUT2D eigenvalue weighted by atomic mass is 10.1. The van der Waals surface area contributed by atoms with Gasteiger partial charge in [-0.25, -0.2) is 0 Å². The van der Waals surface area contributed by atoms with Crippen LogP contribution in [-0.4, -0.2) is 37.4 Å². The molecule has 3 aromatic rings. The molecule has 0 radical (unpaired) electrons. The summed E-state index contributed by atoms with van der Waals surface area (Å²) in [7, 11) is 3.40. The lowest BCUT2D eigenvalue weighted by Gasteiger charge is -2.12. The summed E-state index contributed by atoms with van der Waals surface area (Å²) in [5.41, 5.74) is 1.16. The van der Waals surface area contributed by atoms with Gasteiger partial charge >= 0.3 is 0 Å². The van der Waals surface area contributed by atoms with E-state index in [1.54, 1.807) is 38.4 Å². The number of carbonyl (C=O) groups excluding carboxylic acids is 2. The van der Waals surface area contributed by atoms with E-state index in [0.717, 1.165) is 16.5 Å². The van der Waals surface area contributed by atoms with Gasteiger partial charge in [0.2, 0.25) is 5.91 Å². The Morgan fingerprint density at radius 1 is 0.964 bits per heavy atom. The van der Waals surface area contributed by atoms with Crippen LogP contribution in [0.4, 0.5) is 5.69 Å². The van der Waals surface area contributed by atoms with Gasteiger partial charge in [0.1, 0.15) is 5.75 Å². The summed E-state index contributed by atoms with van der Waals surface area (Å²) in [4.78, 5) is 25.7. The first-order chi connectivity index (χ1) is 13.5. The van der Waals surface area contributed by atoms with Crippen molar-refractivity contribution in [2.45, 2.75) is 12.8 Å². The summed E-state index contributed by atoms with van der Waals surface area (Å²) in [5, 5.41) is 5.04. The molecular weight excluding hydrogens is 352 g/mol. The first-order valence-electron chi connectivity index (χ1n) is 9.27. The van der Waals surface area contributed by atoms with Gasteiger partial charge in [0.25, 0.3) is 5.91 Å². The van der Waals surface area contributed by atoms with Crippen molar-refractivity contribution in [1.82, 2.24) is 4.90 Å². The largest absolute Gasteiger partial charge is 0.493 e. The minimum Gasteiger partial charge on any atom is -0.493 e. The SMILES string of the molecule is CN(C)C(=O)c1cccc(NC(=O)CCCOc2cccc3ccccc23)c1. The molecule has 0 bridgehead atoms. The summed E-state index contributed by atoms with van der Waals surface area (Å²) in [5.74, 6) is 0.629. The molecule has 0 unspecified atom stereocenters. The molecular formula is C23H24N2O3. The Hall–Kier alpha value is -3.34. The lowest BCUT2D eigenvalue weighted by molar-refractivity contribution is -0.116. The Morgan fingerprint density at radius 2 is 1.71 bits per heavy atom. The van der Waals surface area contributed by atoms with Crippen LogP contribution in [0.25, 0.3) is 10.8 Å². The summed E-state index contributed by atoms with van der Waals surface area (Å²) in [6.45, 7) is 0.459. The van der Waals surface area contributed by atoms with E-state index in [0.29, 0.717) is 30.7 Å². The highest BCUT2D eigenvalue weighted by Gasteiger charge is 2.10. The number of nitrogens with one attached hydrogen (secondary N) is 1. The van der Waals surface area contributed by atoms with Gasteiger partial charge in [-0.2, -0.15) is 0 Å². The minimum absolute atomic E-state index is 0.0976. The van der Waals surface area contributed by atoms with E-state index < -0.39 is 0 Å². The Morgan fingerprint density at radius 3 is 2.54 bits per heavy atom. The van der Waals surface area contributed by atoms with Crippen LogP contribution < -0.4 is 10.1 Å². The van der Waals surface area contributed by atoms with Crippen molar-refractivity contribution in [3.05, 3.63) is 72.3 Å². The molecule has 0 saturated carbocycles. The number of hydrogen-bond acceptors (Lipinski definition) is 3. The van der Waals surface area contributed by atoms with Crippen LogP contribution in [0.3, 0.4) is 0 Å². The van der Waals surface area contributed by atoms with Crippen molar-refractivity contribution in [2.75, 3.05) is 26.0 Å². The van der Waals surface area contributed by atoms with Crippen molar-refractivity contribution in [3.63, 3.8) is 0 Å². The zero-order valence-electron chi connectivity index (χ0n) is 16.1. The highest BCUT2D eigenvalue weighted by molar-refractivity contribution is 5.97. The number of nitrogens with zero attached hydrogens (tertiary/aromatic N) is 1. The molecule has 5 nitrogen and oxygen atoms in total. The van der Waals surface area contributed by atoms with E-state index in [1.807, 2.05) is 42.5 Å². The highest BCUT2D eigenvalue weighted by Crippen LogP contribution is 2.25. The summed E-state index contributed by atoms with van der Waals surface area (Å²) in [6, 6.07) is 21.0. The quantitative estimate of drug-likeness (QED) is 0.624. The average molecular weight is 376 g/mol. The average Bonchev–Trinajstić information content (AvgIpc) is 2.71. The zero-order chi connectivity index (χ0) is 19.9. The molecule has 144 valence electrons. The van der Waals surface area contributed by atoms with Gasteiger partial charge < -0.3 is 15.0 Å². The summed E-state index contributed by atoms with van der Waals surface area (Å²) >= 11 is 0. The molecule has 2 amide bonds. The van der Waals surface area contributed by atoms with Crippen molar-refractivity contribution in [2.24, 2.45) is 0 Å². The molecule has 0 saturated heterocycles. The maximum atomic E-state index is 12.2. The van der Waals surface area contributed by atoms with Crippen LogP contribution in [0.1, 0.15) is 23.2 Å². The monoisotopic (exact) mass is 376 g/mol. The second kappa shape index (κ2) is 9.04. The Kier molecular flexibility index (Phi) is 6.27. The van der Waals surface area contributed by atoms with E-state index in [1.165, 1.54) is 4.90 Å². The lowest BCUT2D eigenvalue weighted by Crippen LogP contribution is -2.22. The van der Waals surface area contributed by atoms with Gasteiger partial charge in [-0.05, 0) is 36.1 Å². The smallest absolute Gasteiger partial charge is 0.253 e. The van der Waals surface area contributed by atoms with Crippen molar-refractivity contribution in [1.29, 1.82) is 0 Å². The maximum Gasteiger partial charge on any atom is 0.253 e. The van der Waals surface area contributed by atoms with Crippen LogP contribution in [-0.2, 0) is 4.79 Å². The highest BCUT2D eigenvalue weighted by atomic mass is 16.5. The number of carbonyl (C=O) groups is 2. The molecule has 0 aliphatic rings. The summed E-state index contributed by atoms with van der Waals surface area (Å²) in [6.07, 6.45) is 0.946. The van der Waals surface area contributed by atoms with Gasteiger partial charge in [-0.15, -0.1) is 0 Å². The number of rotatable bonds is 7. The van der Waals surface area contributed by atoms with Crippen LogP contribution in [0.2, 0.25) is 0 Å². The molecule has 0 aromatic heterocycles. The molecule has 3 aromatic carbocycles. The van der Waals surface area contributed by atoms with Gasteiger partial charge in [0.15, 0.2) is 0 Å². The zero-order valence-corrected chi connectivity index (χ0v) is 16.1. The Bertz CT molecular complexity index is 977. The Labute approximate surface area is 164 Å². The number of benzene rings is 3. The fourth-order valence-corrected chi connectivity index (χ4v) is 2.95. The molecule has 0 heterocycles. The van der Waals surface area contributed by atoms with E-state index in [-0.39, 0.29) is 11.8 Å². The number of fused-ring (bicyclic) bond motifs is 1.